The lowest BCUT2D eigenvalue weighted by molar-refractivity contribution is 0.0923. The van der Waals surface area contributed by atoms with Crippen LogP contribution in [0.15, 0.2) is 30.5 Å². The number of thiazole rings is 1. The molecule has 1 atom stereocenters. The molecule has 1 amide bonds. The number of anilines is 4. The summed E-state index contributed by atoms with van der Waals surface area (Å²) in [5, 5.41) is 32.7. The van der Waals surface area contributed by atoms with Gasteiger partial charge >= 0.3 is 0 Å². The summed E-state index contributed by atoms with van der Waals surface area (Å²) in [6.07, 6.45) is 1.66. The maximum atomic E-state index is 12.7. The molecule has 14 heteroatoms. The second kappa shape index (κ2) is 16.7. The summed E-state index contributed by atoms with van der Waals surface area (Å²) in [6.45, 7) is 9.73. The first-order valence-corrected chi connectivity index (χ1v) is 14.0. The van der Waals surface area contributed by atoms with Crippen LogP contribution >= 0.6 is 36.4 Å². The molecule has 0 aliphatic carbocycles. The van der Waals surface area contributed by atoms with Gasteiger partial charge in [0.25, 0.3) is 5.91 Å². The number of hydrogen-bond acceptors (Lipinski definition) is 11. The molecule has 40 heavy (non-hydrogen) atoms. The SMILES string of the molecule is CC[C@H](O)CO.Cc1nc(Nc2ncc(C(=O)Nc3c(C)cccc3Cl)s2)cc(N2CCN(CCO)CC2)n1.S. The molecule has 0 saturated carbocycles. The van der Waals surface area contributed by atoms with E-state index < -0.39 is 6.10 Å². The molecule has 3 heterocycles. The highest BCUT2D eigenvalue weighted by atomic mass is 35.5. The highest BCUT2D eigenvalue weighted by molar-refractivity contribution is 7.59. The van der Waals surface area contributed by atoms with Gasteiger partial charge in [-0.15, -0.1) is 0 Å². The average molecular weight is 612 g/mol. The van der Waals surface area contributed by atoms with Gasteiger partial charge in [0.1, 0.15) is 22.3 Å². The molecule has 1 aliphatic heterocycles. The van der Waals surface area contributed by atoms with Crippen LogP contribution in [0.4, 0.5) is 22.5 Å². The van der Waals surface area contributed by atoms with Gasteiger partial charge in [0.2, 0.25) is 0 Å². The third kappa shape index (κ3) is 9.84. The number of nitrogens with one attached hydrogen (secondary N) is 2. The molecule has 0 spiro atoms. The standard InChI is InChI=1S/C22H26ClN7O2S.C4H10O2.H2S/c1-14-4-3-5-16(23)20(14)28-21(32)17-13-24-22(33-17)27-18-12-19(26-15(2)25-18)30-8-6-29(7-9-30)10-11-31;1-2-4(6)3-5;/h3-5,12-13,31H,6-11H2,1-2H3,(H,28,32)(H,24,25,26,27);4-6H,2-3H2,1H3;1H2/t;4-;/m.0./s1. The topological polar surface area (TPSA) is 147 Å². The molecular weight excluding hydrogens is 574 g/mol. The number of aliphatic hydroxyl groups excluding tert-OH is 3. The maximum Gasteiger partial charge on any atom is 0.267 e. The van der Waals surface area contributed by atoms with E-state index in [2.05, 4.69) is 35.4 Å². The lowest BCUT2D eigenvalue weighted by atomic mass is 10.2. The number of carbonyl (C=O) groups is 1. The first kappa shape index (κ1) is 33.7. The van der Waals surface area contributed by atoms with Crippen molar-refractivity contribution < 1.29 is 20.1 Å². The predicted molar refractivity (Wildman–Crippen MR) is 166 cm³/mol. The summed E-state index contributed by atoms with van der Waals surface area (Å²) < 4.78 is 0. The molecule has 220 valence electrons. The van der Waals surface area contributed by atoms with Gasteiger partial charge in [-0.25, -0.2) is 15.0 Å². The van der Waals surface area contributed by atoms with Gasteiger partial charge in [-0.3, -0.25) is 9.69 Å². The number of benzene rings is 1. The number of carbonyl (C=O) groups excluding carboxylic acids is 1. The molecule has 11 nitrogen and oxygen atoms in total. The van der Waals surface area contributed by atoms with Gasteiger partial charge in [0.15, 0.2) is 5.13 Å². The first-order chi connectivity index (χ1) is 18.7. The van der Waals surface area contributed by atoms with E-state index in [0.717, 1.165) is 37.6 Å². The number of nitrogens with zero attached hydrogens (tertiary/aromatic N) is 5. The van der Waals surface area contributed by atoms with Crippen LogP contribution in [0.2, 0.25) is 5.02 Å². The van der Waals surface area contributed by atoms with Crippen molar-refractivity contribution >= 4 is 64.8 Å². The van der Waals surface area contributed by atoms with E-state index in [1.807, 2.05) is 39.0 Å². The van der Waals surface area contributed by atoms with Crippen LogP contribution in [0.25, 0.3) is 0 Å². The van der Waals surface area contributed by atoms with E-state index in [4.69, 9.17) is 26.9 Å². The summed E-state index contributed by atoms with van der Waals surface area (Å²) in [7, 11) is 0. The predicted octanol–water partition coefficient (Wildman–Crippen LogP) is 3.18. The molecule has 0 unspecified atom stereocenters. The van der Waals surface area contributed by atoms with Crippen molar-refractivity contribution in [2.75, 3.05) is 61.5 Å². The number of para-hydroxylation sites is 1. The molecule has 4 rings (SSSR count). The Bertz CT molecular complexity index is 1200. The first-order valence-electron chi connectivity index (χ1n) is 12.8. The van der Waals surface area contributed by atoms with Crippen molar-refractivity contribution in [3.63, 3.8) is 0 Å². The molecule has 0 radical (unpaired) electrons. The van der Waals surface area contributed by atoms with Gasteiger partial charge in [0, 0.05) is 38.8 Å². The highest BCUT2D eigenvalue weighted by Gasteiger charge is 2.19. The monoisotopic (exact) mass is 611 g/mol. The summed E-state index contributed by atoms with van der Waals surface area (Å²) in [5.74, 6) is 1.85. The molecule has 5 N–H and O–H groups in total. The van der Waals surface area contributed by atoms with Crippen molar-refractivity contribution in [3.05, 3.63) is 51.7 Å². The van der Waals surface area contributed by atoms with Crippen LogP contribution in [-0.2, 0) is 0 Å². The fourth-order valence-corrected chi connectivity index (χ4v) is 4.75. The van der Waals surface area contributed by atoms with E-state index >= 15 is 0 Å². The molecule has 1 saturated heterocycles. The molecule has 1 aliphatic rings. The third-order valence-electron chi connectivity index (χ3n) is 6.04. The van der Waals surface area contributed by atoms with E-state index in [-0.39, 0.29) is 32.6 Å². The maximum absolute atomic E-state index is 12.7. The van der Waals surface area contributed by atoms with Crippen molar-refractivity contribution in [1.29, 1.82) is 0 Å². The molecule has 2 aromatic heterocycles. The number of aliphatic hydroxyl groups is 3. The van der Waals surface area contributed by atoms with Gasteiger partial charge in [0.05, 0.1) is 36.2 Å². The zero-order valence-electron chi connectivity index (χ0n) is 22.9. The van der Waals surface area contributed by atoms with Crippen LogP contribution in [0.5, 0.6) is 0 Å². The third-order valence-corrected chi connectivity index (χ3v) is 7.27. The van der Waals surface area contributed by atoms with Crippen LogP contribution in [-0.4, -0.2) is 93.1 Å². The van der Waals surface area contributed by atoms with E-state index in [1.54, 1.807) is 6.07 Å². The Labute approximate surface area is 250 Å². The minimum absolute atomic E-state index is 0. The fourth-order valence-electron chi connectivity index (χ4n) is 3.76. The Morgan fingerprint density at radius 3 is 2.50 bits per heavy atom. The number of halogens is 1. The lowest BCUT2D eigenvalue weighted by Gasteiger charge is -2.35. The lowest BCUT2D eigenvalue weighted by Crippen LogP contribution is -2.47. The average Bonchev–Trinajstić information content (AvgIpc) is 3.39. The number of aromatic nitrogens is 3. The number of β-amino-alcohol motifs (C(OH)–C–C–N with tert-alkyl or cyclic N) is 1. The Kier molecular flexibility index (Phi) is 14.0. The van der Waals surface area contributed by atoms with Crippen molar-refractivity contribution in [3.8, 4) is 0 Å². The Hall–Kier alpha value is -2.52. The van der Waals surface area contributed by atoms with Crippen LogP contribution < -0.4 is 15.5 Å². The number of piperazine rings is 1. The van der Waals surface area contributed by atoms with Crippen LogP contribution in [0.1, 0.15) is 34.4 Å². The Balaban J connectivity index is 0.000000723. The zero-order valence-corrected chi connectivity index (χ0v) is 25.5. The number of hydrogen-bond donors (Lipinski definition) is 5. The number of amides is 1. The normalized spacial score (nSPS) is 14.0. The highest BCUT2D eigenvalue weighted by Crippen LogP contribution is 2.28. The van der Waals surface area contributed by atoms with E-state index in [9.17, 15) is 4.79 Å². The van der Waals surface area contributed by atoms with Crippen molar-refractivity contribution in [2.45, 2.75) is 33.3 Å². The summed E-state index contributed by atoms with van der Waals surface area (Å²) in [5.41, 5.74) is 1.49. The largest absolute Gasteiger partial charge is 0.395 e. The molecular formula is C26H38ClN7O4S2. The van der Waals surface area contributed by atoms with Gasteiger partial charge in [-0.05, 0) is 31.9 Å². The molecule has 0 bridgehead atoms. The Morgan fingerprint density at radius 2 is 1.90 bits per heavy atom. The van der Waals surface area contributed by atoms with Crippen molar-refractivity contribution in [1.82, 2.24) is 19.9 Å². The van der Waals surface area contributed by atoms with Gasteiger partial charge in [-0.1, -0.05) is 42.0 Å². The fraction of sp³-hybridized carbons (Fsp3) is 0.462. The van der Waals surface area contributed by atoms with Gasteiger partial charge < -0.3 is 30.9 Å². The second-order valence-corrected chi connectivity index (χ2v) is 10.4. The molecule has 3 aromatic rings. The summed E-state index contributed by atoms with van der Waals surface area (Å²) >= 11 is 7.46. The van der Waals surface area contributed by atoms with Crippen LogP contribution in [0, 0.1) is 13.8 Å². The molecule has 1 fully saturated rings. The second-order valence-electron chi connectivity index (χ2n) is 9.00. The van der Waals surface area contributed by atoms with E-state index in [1.165, 1.54) is 17.5 Å². The van der Waals surface area contributed by atoms with E-state index in [0.29, 0.717) is 45.3 Å². The van der Waals surface area contributed by atoms with Gasteiger partial charge in [-0.2, -0.15) is 13.5 Å². The zero-order chi connectivity index (χ0) is 28.4. The summed E-state index contributed by atoms with van der Waals surface area (Å²) in [4.78, 5) is 31.0. The quantitative estimate of drug-likeness (QED) is 0.244. The van der Waals surface area contributed by atoms with Crippen molar-refractivity contribution in [2.24, 2.45) is 0 Å². The smallest absolute Gasteiger partial charge is 0.267 e. The van der Waals surface area contributed by atoms with Crippen LogP contribution in [0.3, 0.4) is 0 Å². The summed E-state index contributed by atoms with van der Waals surface area (Å²) in [6, 6.07) is 7.37. The minimum atomic E-state index is -0.509. The number of rotatable bonds is 9. The Morgan fingerprint density at radius 1 is 1.18 bits per heavy atom. The number of aryl methyl sites for hydroxylation is 2. The minimum Gasteiger partial charge on any atom is -0.395 e. The molecule has 1 aromatic carbocycles.